The molecule has 21 heavy (non-hydrogen) atoms. The van der Waals surface area contributed by atoms with Crippen molar-refractivity contribution < 1.29 is 4.39 Å². The van der Waals surface area contributed by atoms with Gasteiger partial charge in [-0.25, -0.2) is 4.39 Å². The lowest BCUT2D eigenvalue weighted by molar-refractivity contribution is 0.571. The maximum absolute atomic E-state index is 13.4. The van der Waals surface area contributed by atoms with Gasteiger partial charge in [0.1, 0.15) is 5.82 Å². The number of hydrogen-bond donors (Lipinski definition) is 2. The van der Waals surface area contributed by atoms with E-state index in [1.54, 1.807) is 17.8 Å². The average molecular weight is 325 g/mol. The molecule has 1 atom stereocenters. The van der Waals surface area contributed by atoms with Gasteiger partial charge in [-0.2, -0.15) is 0 Å². The number of nitrogens with two attached hydrogens (primary N) is 1. The molecular weight excluding hydrogens is 307 g/mol. The molecule has 5 heteroatoms. The molecule has 0 amide bonds. The molecule has 1 unspecified atom stereocenters. The van der Waals surface area contributed by atoms with Gasteiger partial charge >= 0.3 is 0 Å². The second-order valence-corrected chi connectivity index (χ2v) is 6.38. The molecule has 112 valence electrons. The lowest BCUT2D eigenvalue weighted by Gasteiger charge is -2.16. The van der Waals surface area contributed by atoms with Crippen LogP contribution in [-0.2, 0) is 6.42 Å². The van der Waals surface area contributed by atoms with Gasteiger partial charge < -0.3 is 0 Å². The van der Waals surface area contributed by atoms with E-state index in [4.69, 9.17) is 17.4 Å². The highest BCUT2D eigenvalue weighted by Crippen LogP contribution is 2.24. The summed E-state index contributed by atoms with van der Waals surface area (Å²) in [6.07, 6.45) is 0.589. The summed E-state index contributed by atoms with van der Waals surface area (Å²) in [6, 6.07) is 13.2. The first kappa shape index (κ1) is 16.3. The molecule has 0 bridgehead atoms. The van der Waals surface area contributed by atoms with Crippen LogP contribution >= 0.6 is 23.4 Å². The molecule has 0 aromatic heterocycles. The van der Waals surface area contributed by atoms with Crippen LogP contribution in [0.3, 0.4) is 0 Å². The third-order valence-electron chi connectivity index (χ3n) is 3.21. The van der Waals surface area contributed by atoms with Gasteiger partial charge in [0.2, 0.25) is 0 Å². The summed E-state index contributed by atoms with van der Waals surface area (Å²) in [5.74, 6) is 5.99. The predicted molar refractivity (Wildman–Crippen MR) is 88.1 cm³/mol. The van der Waals surface area contributed by atoms with E-state index in [2.05, 4.69) is 36.6 Å². The van der Waals surface area contributed by atoms with Crippen molar-refractivity contribution in [2.45, 2.75) is 24.3 Å². The van der Waals surface area contributed by atoms with Gasteiger partial charge in [0.05, 0.1) is 5.02 Å². The topological polar surface area (TPSA) is 38.0 Å². The van der Waals surface area contributed by atoms with Crippen LogP contribution in [0.5, 0.6) is 0 Å². The number of thioether (sulfide) groups is 1. The molecular formula is C16H18ClFN2S. The van der Waals surface area contributed by atoms with Crippen LogP contribution in [0.4, 0.5) is 4.39 Å². The maximum atomic E-state index is 13.4. The summed E-state index contributed by atoms with van der Waals surface area (Å²) in [5, 5.41) is 0.179. The highest BCUT2D eigenvalue weighted by molar-refractivity contribution is 7.99. The number of halogens is 2. The monoisotopic (exact) mass is 324 g/mol. The van der Waals surface area contributed by atoms with Crippen molar-refractivity contribution in [3.63, 3.8) is 0 Å². The van der Waals surface area contributed by atoms with Gasteiger partial charge in [0, 0.05) is 16.7 Å². The lowest BCUT2D eigenvalue weighted by atomic mass is 10.1. The van der Waals surface area contributed by atoms with Gasteiger partial charge in [-0.1, -0.05) is 41.4 Å². The Morgan fingerprint density at radius 2 is 1.95 bits per heavy atom. The number of aryl methyl sites for hydroxylation is 1. The quantitative estimate of drug-likeness (QED) is 0.480. The molecule has 2 rings (SSSR count). The molecule has 0 spiro atoms. The molecule has 0 heterocycles. The zero-order chi connectivity index (χ0) is 15.2. The highest BCUT2D eigenvalue weighted by Gasteiger charge is 2.13. The summed E-state index contributed by atoms with van der Waals surface area (Å²) >= 11 is 7.69. The Bertz CT molecular complexity index is 589. The van der Waals surface area contributed by atoms with Crippen LogP contribution in [0, 0.1) is 12.7 Å². The Balaban J connectivity index is 1.97. The Morgan fingerprint density at radius 3 is 2.62 bits per heavy atom. The Labute approximate surface area is 133 Å². The third kappa shape index (κ3) is 4.71. The van der Waals surface area contributed by atoms with Crippen LogP contribution in [0.25, 0.3) is 0 Å². The molecule has 0 fully saturated rings. The minimum Gasteiger partial charge on any atom is -0.271 e. The minimum atomic E-state index is -0.392. The molecule has 0 aliphatic carbocycles. The van der Waals surface area contributed by atoms with E-state index in [-0.39, 0.29) is 11.1 Å². The zero-order valence-corrected chi connectivity index (χ0v) is 13.3. The predicted octanol–water partition coefficient (Wildman–Crippen LogP) is 3.95. The fraction of sp³-hybridized carbons (Fsp3) is 0.250. The van der Waals surface area contributed by atoms with Crippen molar-refractivity contribution in [2.75, 3.05) is 5.75 Å². The van der Waals surface area contributed by atoms with E-state index in [0.29, 0.717) is 6.42 Å². The standard InChI is InChI=1S/C16H18ClFN2S/c1-11-5-7-14(8-6-11)21-10-13(20-19)9-12-3-2-4-15(18)16(12)17/h2-8,13,20H,9-10,19H2,1H3. The summed E-state index contributed by atoms with van der Waals surface area (Å²) < 4.78 is 13.4. The van der Waals surface area contributed by atoms with Crippen molar-refractivity contribution in [3.8, 4) is 0 Å². The second-order valence-electron chi connectivity index (χ2n) is 4.90. The first-order chi connectivity index (χ1) is 10.1. The molecule has 2 aromatic carbocycles. The smallest absolute Gasteiger partial charge is 0.142 e. The summed E-state index contributed by atoms with van der Waals surface area (Å²) in [7, 11) is 0. The third-order valence-corrected chi connectivity index (χ3v) is 4.80. The van der Waals surface area contributed by atoms with Gasteiger partial charge in [-0.15, -0.1) is 11.8 Å². The van der Waals surface area contributed by atoms with Crippen LogP contribution in [-0.4, -0.2) is 11.8 Å². The summed E-state index contributed by atoms with van der Waals surface area (Å²) in [5.41, 5.74) is 4.78. The van der Waals surface area contributed by atoms with Crippen molar-refractivity contribution in [1.82, 2.24) is 5.43 Å². The van der Waals surface area contributed by atoms with E-state index in [9.17, 15) is 4.39 Å². The Hall–Kier alpha value is -1.07. The van der Waals surface area contributed by atoms with Crippen LogP contribution in [0.1, 0.15) is 11.1 Å². The molecule has 0 aliphatic rings. The first-order valence-electron chi connectivity index (χ1n) is 6.68. The molecule has 2 aromatic rings. The van der Waals surface area contributed by atoms with Gasteiger partial charge in [-0.3, -0.25) is 11.3 Å². The Morgan fingerprint density at radius 1 is 1.24 bits per heavy atom. The van der Waals surface area contributed by atoms with Gasteiger partial charge in [-0.05, 0) is 37.1 Å². The number of nitrogens with one attached hydrogen (secondary N) is 1. The average Bonchev–Trinajstić information content (AvgIpc) is 2.49. The molecule has 3 N–H and O–H groups in total. The molecule has 0 saturated carbocycles. The second kappa shape index (κ2) is 7.80. The number of rotatable bonds is 6. The zero-order valence-electron chi connectivity index (χ0n) is 11.8. The van der Waals surface area contributed by atoms with Crippen LogP contribution in [0.2, 0.25) is 5.02 Å². The lowest BCUT2D eigenvalue weighted by Crippen LogP contribution is -2.38. The number of hydrazine groups is 1. The highest BCUT2D eigenvalue weighted by atomic mass is 35.5. The molecule has 0 saturated heterocycles. The fourth-order valence-electron chi connectivity index (χ4n) is 1.97. The number of hydrogen-bond acceptors (Lipinski definition) is 3. The van der Waals surface area contributed by atoms with Gasteiger partial charge in [0.25, 0.3) is 0 Å². The Kier molecular flexibility index (Phi) is 6.06. The maximum Gasteiger partial charge on any atom is 0.142 e. The molecule has 0 aliphatic heterocycles. The van der Waals surface area contributed by atoms with Crippen LogP contribution in [0.15, 0.2) is 47.4 Å². The number of benzene rings is 2. The summed E-state index contributed by atoms with van der Waals surface area (Å²) in [4.78, 5) is 1.19. The van der Waals surface area contributed by atoms with E-state index in [1.165, 1.54) is 16.5 Å². The van der Waals surface area contributed by atoms with E-state index in [0.717, 1.165) is 11.3 Å². The van der Waals surface area contributed by atoms with E-state index < -0.39 is 5.82 Å². The van der Waals surface area contributed by atoms with Gasteiger partial charge in [0.15, 0.2) is 0 Å². The van der Waals surface area contributed by atoms with Crippen LogP contribution < -0.4 is 11.3 Å². The van der Waals surface area contributed by atoms with Crippen molar-refractivity contribution in [2.24, 2.45) is 5.84 Å². The normalized spacial score (nSPS) is 12.4. The van der Waals surface area contributed by atoms with E-state index >= 15 is 0 Å². The largest absolute Gasteiger partial charge is 0.271 e. The summed E-state index contributed by atoms with van der Waals surface area (Å²) in [6.45, 7) is 2.06. The van der Waals surface area contributed by atoms with Crippen molar-refractivity contribution in [1.29, 1.82) is 0 Å². The SMILES string of the molecule is Cc1ccc(SCC(Cc2cccc(F)c2Cl)NN)cc1. The van der Waals surface area contributed by atoms with Crippen molar-refractivity contribution >= 4 is 23.4 Å². The fourth-order valence-corrected chi connectivity index (χ4v) is 3.11. The molecule has 0 radical (unpaired) electrons. The minimum absolute atomic E-state index is 0.0237. The first-order valence-corrected chi connectivity index (χ1v) is 8.05. The van der Waals surface area contributed by atoms with Crippen molar-refractivity contribution in [3.05, 3.63) is 64.4 Å². The molecule has 2 nitrogen and oxygen atoms in total. The van der Waals surface area contributed by atoms with E-state index in [1.807, 2.05) is 6.07 Å².